The van der Waals surface area contributed by atoms with Gasteiger partial charge in [0.05, 0.1) is 23.3 Å². The monoisotopic (exact) mass is 919 g/mol. The van der Waals surface area contributed by atoms with Gasteiger partial charge in [-0.3, -0.25) is 4.99 Å². The van der Waals surface area contributed by atoms with Gasteiger partial charge in [0.25, 0.3) is 0 Å². The molecule has 0 radical (unpaired) electrons. The molecule has 0 heterocycles. The van der Waals surface area contributed by atoms with Gasteiger partial charge in [0.1, 0.15) is 0 Å². The van der Waals surface area contributed by atoms with Gasteiger partial charge in [-0.25, -0.2) is 4.99 Å². The number of benzene rings is 3. The fourth-order valence-corrected chi connectivity index (χ4v) is 8.22. The van der Waals surface area contributed by atoms with Gasteiger partial charge in [-0.15, -0.1) is 11.5 Å². The van der Waals surface area contributed by atoms with E-state index in [2.05, 4.69) is 83.2 Å². The Morgan fingerprint density at radius 2 is 0.766 bits per heavy atom. The van der Waals surface area contributed by atoms with Crippen molar-refractivity contribution in [3.05, 3.63) is 94.6 Å². The molecule has 64 heavy (non-hydrogen) atoms. The maximum atomic E-state index is 10.7. The van der Waals surface area contributed by atoms with Crippen LogP contribution in [-0.4, -0.2) is 11.9 Å². The number of rotatable bonds is 35. The van der Waals surface area contributed by atoms with Crippen molar-refractivity contribution in [3.8, 4) is 11.5 Å². The quantitative estimate of drug-likeness (QED) is 0.0335. The Morgan fingerprint density at radius 3 is 1.12 bits per heavy atom. The molecule has 0 spiro atoms. The Bertz CT molecular complexity index is 1630. The molecule has 0 N–H and O–H groups in total. The summed E-state index contributed by atoms with van der Waals surface area (Å²) in [5.41, 5.74) is 9.31. The Balaban J connectivity index is 0.00000163. The maximum absolute atomic E-state index is 10.7. The summed E-state index contributed by atoms with van der Waals surface area (Å²) in [5.74, 6) is -0.823. The van der Waals surface area contributed by atoms with Crippen molar-refractivity contribution in [3.63, 3.8) is 0 Å². The molecule has 0 atom stereocenters. The van der Waals surface area contributed by atoms with E-state index in [4.69, 9.17) is 9.98 Å². The molecular weight excluding hydrogens is 827 g/mol. The zero-order valence-electron chi connectivity index (χ0n) is 41.9. The number of nitrogens with zero attached hydrogens (tertiary/aromatic N) is 2. The van der Waals surface area contributed by atoms with Gasteiger partial charge >= 0.3 is 16.5 Å². The van der Waals surface area contributed by atoms with Crippen molar-refractivity contribution < 1.29 is 26.7 Å². The minimum atomic E-state index is -0.419. The molecular formula is C59H92N2NiO2. The molecule has 3 aromatic rings. The van der Waals surface area contributed by atoms with Crippen LogP contribution in [0, 0.1) is 0 Å². The smallest absolute Gasteiger partial charge is 0.873 e. The van der Waals surface area contributed by atoms with Crippen LogP contribution in [0.3, 0.4) is 0 Å². The molecule has 3 rings (SSSR count). The summed E-state index contributed by atoms with van der Waals surface area (Å²) in [7, 11) is 0. The van der Waals surface area contributed by atoms with Crippen LogP contribution in [0.5, 0.6) is 11.5 Å². The van der Waals surface area contributed by atoms with Crippen molar-refractivity contribution in [2.45, 2.75) is 241 Å². The normalized spacial score (nSPS) is 11.6. The second-order valence-electron chi connectivity index (χ2n) is 18.0. The largest absolute Gasteiger partial charge is 2.00 e. The third-order valence-electron chi connectivity index (χ3n) is 12.5. The SMILES string of the molecule is CCCCCCCCCCCCCCCCCCCCCCCCCCCC=CC(C=Nc1cc(CC)cc(CC)c1)=Nc1cc(CC)cc(CC)c1.CCc1ccc([O-])c([O-])c1.[Ni+2]. The van der Waals surface area contributed by atoms with E-state index in [0.717, 1.165) is 61.2 Å². The molecule has 0 amide bonds. The standard InChI is InChI=1S/C51H84N2.C8H10O2.Ni/c1-6-11-12-13-14-15-16-17-18-19-20-21-22-23-24-25-26-27-28-29-30-31-32-33-34-35-36-37-49(53-51-42-47(9-4)39-48(10-5)43-51)44-52-50-40-45(7-2)38-46(8-3)41-50;1-2-6-3-4-7(9)8(10)5-6;/h36-44H,6-35H2,1-5H3;3-5,9-10H,2H2,1H3;/q;;+2/p-2. The first-order valence-electron chi connectivity index (χ1n) is 26.4. The van der Waals surface area contributed by atoms with Gasteiger partial charge < -0.3 is 10.2 Å². The molecule has 0 aliphatic carbocycles. The van der Waals surface area contributed by atoms with Gasteiger partial charge in [-0.2, -0.15) is 0 Å². The van der Waals surface area contributed by atoms with Crippen molar-refractivity contribution in [1.29, 1.82) is 0 Å². The van der Waals surface area contributed by atoms with Gasteiger partial charge in [0, 0.05) is 0 Å². The Hall–Kier alpha value is -3.17. The van der Waals surface area contributed by atoms with E-state index in [1.807, 2.05) is 13.1 Å². The van der Waals surface area contributed by atoms with Crippen molar-refractivity contribution in [2.24, 2.45) is 9.98 Å². The number of hydrogen-bond donors (Lipinski definition) is 0. The Morgan fingerprint density at radius 1 is 0.406 bits per heavy atom. The maximum Gasteiger partial charge on any atom is 2.00 e. The van der Waals surface area contributed by atoms with Crippen molar-refractivity contribution >= 4 is 23.3 Å². The summed E-state index contributed by atoms with van der Waals surface area (Å²) in [4.78, 5) is 10.0. The third kappa shape index (κ3) is 29.4. The van der Waals surface area contributed by atoms with Crippen LogP contribution in [-0.2, 0) is 48.6 Å². The number of aliphatic imine (C=N–C) groups is 2. The van der Waals surface area contributed by atoms with Crippen LogP contribution in [0.1, 0.15) is 236 Å². The number of unbranched alkanes of at least 4 members (excludes halogenated alkanes) is 25. The second-order valence-corrected chi connectivity index (χ2v) is 18.0. The van der Waals surface area contributed by atoms with Crippen LogP contribution >= 0.6 is 0 Å². The van der Waals surface area contributed by atoms with Crippen molar-refractivity contribution in [1.82, 2.24) is 0 Å². The summed E-state index contributed by atoms with van der Waals surface area (Å²) in [5, 5.41) is 21.3. The minimum absolute atomic E-state index is 0. The number of aryl methyl sites for hydroxylation is 5. The molecule has 0 aliphatic rings. The minimum Gasteiger partial charge on any atom is -0.873 e. The summed E-state index contributed by atoms with van der Waals surface area (Å²) in [6.45, 7) is 13.1. The Labute approximate surface area is 404 Å². The first-order chi connectivity index (χ1) is 30.8. The average Bonchev–Trinajstić information content (AvgIpc) is 3.31. The molecule has 0 bridgehead atoms. The molecule has 0 saturated carbocycles. The van der Waals surface area contributed by atoms with E-state index >= 15 is 0 Å². The first-order valence-corrected chi connectivity index (χ1v) is 26.4. The molecule has 360 valence electrons. The molecule has 5 heteroatoms. The third-order valence-corrected chi connectivity index (χ3v) is 12.5. The topological polar surface area (TPSA) is 70.8 Å². The van der Waals surface area contributed by atoms with Crippen LogP contribution in [0.2, 0.25) is 0 Å². The molecule has 3 aromatic carbocycles. The Kier molecular flexibility index (Phi) is 36.9. The van der Waals surface area contributed by atoms with Gasteiger partial charge in [-0.05, 0) is 103 Å². The summed E-state index contributed by atoms with van der Waals surface area (Å²) in [6.07, 6.45) is 48.4. The molecule has 0 aromatic heterocycles. The van der Waals surface area contributed by atoms with Crippen molar-refractivity contribution in [2.75, 3.05) is 0 Å². The molecule has 4 nitrogen and oxygen atoms in total. The molecule has 0 fully saturated rings. The van der Waals surface area contributed by atoms with E-state index in [9.17, 15) is 10.2 Å². The predicted octanol–water partition coefficient (Wildman–Crippen LogP) is 17.5. The fourth-order valence-electron chi connectivity index (χ4n) is 8.22. The van der Waals surface area contributed by atoms with Crippen LogP contribution in [0.15, 0.2) is 76.7 Å². The first kappa shape index (κ1) is 58.8. The van der Waals surface area contributed by atoms with E-state index in [1.165, 1.54) is 195 Å². The number of hydrogen-bond acceptors (Lipinski definition) is 4. The van der Waals surface area contributed by atoms with Gasteiger partial charge in [-0.1, -0.05) is 232 Å². The van der Waals surface area contributed by atoms with E-state index in [0.29, 0.717) is 0 Å². The summed E-state index contributed by atoms with van der Waals surface area (Å²) >= 11 is 0. The van der Waals surface area contributed by atoms with Gasteiger partial charge in [0.2, 0.25) is 0 Å². The molecule has 0 unspecified atom stereocenters. The summed E-state index contributed by atoms with van der Waals surface area (Å²) < 4.78 is 0. The fraction of sp³-hybridized carbons (Fsp3) is 0.627. The van der Waals surface area contributed by atoms with Crippen LogP contribution < -0.4 is 10.2 Å². The predicted molar refractivity (Wildman–Crippen MR) is 275 cm³/mol. The van der Waals surface area contributed by atoms with E-state index < -0.39 is 11.5 Å². The number of allylic oxidation sites excluding steroid dienone is 2. The van der Waals surface area contributed by atoms with Crippen LogP contribution in [0.25, 0.3) is 0 Å². The molecule has 0 saturated heterocycles. The van der Waals surface area contributed by atoms with E-state index in [1.54, 1.807) is 6.07 Å². The second kappa shape index (κ2) is 40.1. The zero-order chi connectivity index (χ0) is 45.6. The zero-order valence-corrected chi connectivity index (χ0v) is 42.9. The van der Waals surface area contributed by atoms with E-state index in [-0.39, 0.29) is 16.5 Å². The van der Waals surface area contributed by atoms with Gasteiger partial charge in [0.15, 0.2) is 0 Å². The average molecular weight is 920 g/mol. The molecule has 0 aliphatic heterocycles. The van der Waals surface area contributed by atoms with Crippen LogP contribution in [0.4, 0.5) is 11.4 Å². The summed E-state index contributed by atoms with van der Waals surface area (Å²) in [6, 6.07) is 17.9.